The molecule has 0 radical (unpaired) electrons. The second-order valence-corrected chi connectivity index (χ2v) is 11.2. The van der Waals surface area contributed by atoms with Crippen LogP contribution in [0, 0.1) is 4.91 Å². The molecule has 3 N–H and O–H groups in total. The molecule has 0 aromatic carbocycles. The van der Waals surface area contributed by atoms with Gasteiger partial charge >= 0.3 is 5.97 Å². The van der Waals surface area contributed by atoms with Crippen LogP contribution in [0.3, 0.4) is 0 Å². The van der Waals surface area contributed by atoms with Gasteiger partial charge in [0.2, 0.25) is 9.83 Å². The first-order valence-electron chi connectivity index (χ1n) is 8.30. The van der Waals surface area contributed by atoms with E-state index in [2.05, 4.69) is 15.5 Å². The summed E-state index contributed by atoms with van der Waals surface area (Å²) in [5.74, 6) is -2.18. The molecule has 15 heteroatoms. The molecule has 2 aliphatic rings. The Kier molecular flexibility index (Phi) is 6.82. The van der Waals surface area contributed by atoms with E-state index in [1.54, 1.807) is 13.0 Å². The van der Waals surface area contributed by atoms with Gasteiger partial charge in [0.05, 0.1) is 5.69 Å². The van der Waals surface area contributed by atoms with Gasteiger partial charge in [-0.05, 0) is 18.2 Å². The summed E-state index contributed by atoms with van der Waals surface area (Å²) < 4.78 is 3.16. The van der Waals surface area contributed by atoms with Gasteiger partial charge in [-0.1, -0.05) is 34.8 Å². The SMILES string of the molecule is CC1C=C(C(=O)OCC(Cl)(Cl)Cl)N2C(=O)C(NC(=O)C(N=O)c3csc(N)n3)[C@@H]2S1. The van der Waals surface area contributed by atoms with Crippen LogP contribution in [0.4, 0.5) is 5.13 Å². The van der Waals surface area contributed by atoms with Crippen molar-refractivity contribution in [3.05, 3.63) is 27.8 Å². The average molecular weight is 515 g/mol. The summed E-state index contributed by atoms with van der Waals surface area (Å²) >= 11 is 19.1. The van der Waals surface area contributed by atoms with Gasteiger partial charge in [0.25, 0.3) is 11.8 Å². The molecule has 1 saturated heterocycles. The number of β-lactam (4-membered cyclic amide) rings is 1. The van der Waals surface area contributed by atoms with Crippen molar-refractivity contribution >= 4 is 80.8 Å². The van der Waals surface area contributed by atoms with E-state index in [0.717, 1.165) is 11.3 Å². The highest BCUT2D eigenvalue weighted by Gasteiger charge is 2.54. The Hall–Kier alpha value is -1.60. The predicted octanol–water partition coefficient (Wildman–Crippen LogP) is 2.12. The average Bonchev–Trinajstić information content (AvgIpc) is 3.09. The zero-order valence-electron chi connectivity index (χ0n) is 15.1. The topological polar surface area (TPSA) is 144 Å². The lowest BCUT2D eigenvalue weighted by atomic mass is 10.0. The molecule has 0 saturated carbocycles. The molecular weight excluding hydrogens is 501 g/mol. The number of ether oxygens (including phenoxy) is 1. The number of fused-ring (bicyclic) bond motifs is 1. The summed E-state index contributed by atoms with van der Waals surface area (Å²) in [5.41, 5.74) is 5.61. The van der Waals surface area contributed by atoms with Crippen molar-refractivity contribution in [3.63, 3.8) is 0 Å². The smallest absolute Gasteiger partial charge is 0.354 e. The Morgan fingerprint density at radius 3 is 2.73 bits per heavy atom. The molecule has 0 bridgehead atoms. The number of carbonyl (C=O) groups is 3. The fraction of sp³-hybridized carbons (Fsp3) is 0.467. The van der Waals surface area contributed by atoms with Gasteiger partial charge in [-0.15, -0.1) is 28.0 Å². The van der Waals surface area contributed by atoms with Crippen LogP contribution in [0.15, 0.2) is 22.3 Å². The number of carbonyl (C=O) groups excluding carboxylic acids is 3. The molecule has 30 heavy (non-hydrogen) atoms. The minimum atomic E-state index is -1.80. The summed E-state index contributed by atoms with van der Waals surface area (Å²) in [6.45, 7) is 1.31. The Morgan fingerprint density at radius 1 is 1.47 bits per heavy atom. The number of thiazole rings is 1. The van der Waals surface area contributed by atoms with Crippen molar-refractivity contribution in [2.75, 3.05) is 12.3 Å². The van der Waals surface area contributed by atoms with E-state index < -0.39 is 45.6 Å². The number of nitrogens with two attached hydrogens (primary N) is 1. The molecule has 3 heterocycles. The zero-order chi connectivity index (χ0) is 22.2. The van der Waals surface area contributed by atoms with E-state index in [-0.39, 0.29) is 21.8 Å². The van der Waals surface area contributed by atoms with Crippen LogP contribution in [0.1, 0.15) is 18.7 Å². The highest BCUT2D eigenvalue weighted by Crippen LogP contribution is 2.41. The number of alkyl halides is 3. The molecule has 0 aliphatic carbocycles. The molecule has 10 nitrogen and oxygen atoms in total. The van der Waals surface area contributed by atoms with Crippen molar-refractivity contribution in [2.45, 2.75) is 33.4 Å². The maximum atomic E-state index is 12.6. The number of rotatable bonds is 6. The number of nitrogens with one attached hydrogen (secondary N) is 1. The van der Waals surface area contributed by atoms with Crippen molar-refractivity contribution in [2.24, 2.45) is 5.18 Å². The standard InChI is InChI=1S/C15H14Cl3N5O5S2/c1-5-2-7(13(26)28-4-15(16,17)18)23-11(25)9(12(23)30-5)21-10(24)8(22-27)6-3-29-14(19)20-6/h2-3,5,8-9,12H,4H2,1H3,(H2,19,20)(H,21,24)/t5?,8?,9?,12-/m0/s1. The summed E-state index contributed by atoms with van der Waals surface area (Å²) in [4.78, 5) is 53.7. The quantitative estimate of drug-likeness (QED) is 0.254. The Balaban J connectivity index is 1.70. The minimum absolute atomic E-state index is 0.00617. The number of hydrogen-bond donors (Lipinski definition) is 2. The third kappa shape index (κ3) is 4.83. The number of anilines is 1. The fourth-order valence-electron chi connectivity index (χ4n) is 2.84. The first-order valence-corrected chi connectivity index (χ1v) is 11.3. The van der Waals surface area contributed by atoms with Crippen molar-refractivity contribution in [3.8, 4) is 0 Å². The molecule has 1 aromatic heterocycles. The van der Waals surface area contributed by atoms with Gasteiger partial charge in [0.15, 0.2) is 5.13 Å². The highest BCUT2D eigenvalue weighted by molar-refractivity contribution is 8.00. The van der Waals surface area contributed by atoms with Crippen LogP contribution in [0.5, 0.6) is 0 Å². The van der Waals surface area contributed by atoms with Crippen molar-refractivity contribution in [1.82, 2.24) is 15.2 Å². The summed E-state index contributed by atoms with van der Waals surface area (Å²) in [7, 11) is 0. The van der Waals surface area contributed by atoms with E-state index in [0.29, 0.717) is 0 Å². The number of nitroso groups, excluding NO2 is 1. The normalized spacial score (nSPS) is 24.3. The number of nitrogens with zero attached hydrogens (tertiary/aromatic N) is 3. The van der Waals surface area contributed by atoms with Gasteiger partial charge in [0, 0.05) is 10.6 Å². The number of amides is 2. The fourth-order valence-corrected chi connectivity index (χ4v) is 4.91. The van der Waals surface area contributed by atoms with Gasteiger partial charge in [-0.3, -0.25) is 14.5 Å². The number of aromatic nitrogens is 1. The number of nitrogen functional groups attached to an aromatic ring is 1. The molecule has 162 valence electrons. The summed E-state index contributed by atoms with van der Waals surface area (Å²) in [5, 5.41) is 6.15. The molecular formula is C15H14Cl3N5O5S2. The van der Waals surface area contributed by atoms with Gasteiger partial charge in [0.1, 0.15) is 23.7 Å². The van der Waals surface area contributed by atoms with Gasteiger partial charge in [-0.25, -0.2) is 9.78 Å². The van der Waals surface area contributed by atoms with E-state index >= 15 is 0 Å². The second kappa shape index (κ2) is 8.87. The van der Waals surface area contributed by atoms with Crippen LogP contribution in [-0.2, 0) is 19.1 Å². The second-order valence-electron chi connectivity index (χ2n) is 6.29. The minimum Gasteiger partial charge on any atom is -0.456 e. The lowest BCUT2D eigenvalue weighted by Gasteiger charge is -2.49. The van der Waals surface area contributed by atoms with Crippen LogP contribution in [-0.4, -0.2) is 54.7 Å². The largest absolute Gasteiger partial charge is 0.456 e. The molecule has 0 spiro atoms. The molecule has 3 unspecified atom stereocenters. The zero-order valence-corrected chi connectivity index (χ0v) is 19.0. The summed E-state index contributed by atoms with van der Waals surface area (Å²) in [6.07, 6.45) is 1.55. The molecule has 1 fully saturated rings. The monoisotopic (exact) mass is 513 g/mol. The lowest BCUT2D eigenvalue weighted by molar-refractivity contribution is -0.152. The van der Waals surface area contributed by atoms with E-state index in [1.165, 1.54) is 22.0 Å². The van der Waals surface area contributed by atoms with Gasteiger partial charge in [-0.2, -0.15) is 0 Å². The maximum Gasteiger partial charge on any atom is 0.354 e. The third-order valence-electron chi connectivity index (χ3n) is 4.10. The third-order valence-corrected chi connectivity index (χ3v) is 6.44. The van der Waals surface area contributed by atoms with E-state index in [1.807, 2.05) is 0 Å². The first-order chi connectivity index (χ1) is 14.0. The summed E-state index contributed by atoms with van der Waals surface area (Å²) in [6, 6.07) is -2.41. The Labute approximate surface area is 193 Å². The number of hydrogen-bond acceptors (Lipinski definition) is 10. The van der Waals surface area contributed by atoms with Crippen molar-refractivity contribution < 1.29 is 19.1 Å². The highest BCUT2D eigenvalue weighted by atomic mass is 35.6. The maximum absolute atomic E-state index is 12.6. The van der Waals surface area contributed by atoms with Crippen LogP contribution in [0.2, 0.25) is 0 Å². The van der Waals surface area contributed by atoms with Crippen LogP contribution < -0.4 is 11.1 Å². The number of esters is 1. The molecule has 2 aliphatic heterocycles. The molecule has 1 aromatic rings. The predicted molar refractivity (Wildman–Crippen MR) is 114 cm³/mol. The number of halogens is 3. The van der Waals surface area contributed by atoms with Crippen molar-refractivity contribution in [1.29, 1.82) is 0 Å². The molecule has 4 atom stereocenters. The van der Waals surface area contributed by atoms with Gasteiger partial charge < -0.3 is 15.8 Å². The lowest BCUT2D eigenvalue weighted by Crippen LogP contribution is -2.71. The van der Waals surface area contributed by atoms with Crippen LogP contribution >= 0.6 is 57.9 Å². The Morgan fingerprint density at radius 2 is 2.17 bits per heavy atom. The molecule has 3 rings (SSSR count). The first kappa shape index (κ1) is 23.1. The Bertz CT molecular complexity index is 921. The van der Waals surface area contributed by atoms with Crippen LogP contribution in [0.25, 0.3) is 0 Å². The van der Waals surface area contributed by atoms with E-state index in [9.17, 15) is 19.3 Å². The van der Waals surface area contributed by atoms with E-state index in [4.69, 9.17) is 45.3 Å². The molecule has 2 amide bonds. The number of thioether (sulfide) groups is 1.